The highest BCUT2D eigenvalue weighted by Gasteiger charge is 2.23. The molecule has 7 nitrogen and oxygen atoms in total. The van der Waals surface area contributed by atoms with Crippen LogP contribution in [0.1, 0.15) is 16.7 Å². The molecular formula is C28H26FN3O4S. The summed E-state index contributed by atoms with van der Waals surface area (Å²) in [5.74, 6) is 1.85. The van der Waals surface area contributed by atoms with Crippen molar-refractivity contribution in [3.8, 4) is 11.5 Å². The molecule has 2 aromatic heterocycles. The Morgan fingerprint density at radius 3 is 2.70 bits per heavy atom. The zero-order chi connectivity index (χ0) is 25.2. The fraction of sp³-hybridized carbons (Fsp3) is 0.286. The molecular weight excluding hydrogens is 493 g/mol. The lowest BCUT2D eigenvalue weighted by atomic mass is 10.1. The van der Waals surface area contributed by atoms with Gasteiger partial charge in [0.05, 0.1) is 25.2 Å². The Morgan fingerprint density at radius 1 is 1.00 bits per heavy atom. The Bertz CT molecular complexity index is 1420. The van der Waals surface area contributed by atoms with E-state index in [1.54, 1.807) is 17.4 Å². The third kappa shape index (κ3) is 5.23. The highest BCUT2D eigenvalue weighted by molar-refractivity contribution is 7.08. The van der Waals surface area contributed by atoms with Crippen LogP contribution in [0, 0.1) is 5.82 Å². The van der Waals surface area contributed by atoms with E-state index >= 15 is 0 Å². The lowest BCUT2D eigenvalue weighted by molar-refractivity contribution is -0.131. The van der Waals surface area contributed by atoms with Crippen LogP contribution < -0.4 is 14.4 Å². The monoisotopic (exact) mass is 519 g/mol. The lowest BCUT2D eigenvalue weighted by Crippen LogP contribution is -2.38. The first kappa shape index (κ1) is 23.7. The molecule has 1 saturated heterocycles. The van der Waals surface area contributed by atoms with Crippen molar-refractivity contribution >= 4 is 34.0 Å². The molecule has 2 aliphatic heterocycles. The van der Waals surface area contributed by atoms with Crippen LogP contribution in [0.25, 0.3) is 10.9 Å². The molecule has 1 amide bonds. The van der Waals surface area contributed by atoms with Crippen molar-refractivity contribution in [2.45, 2.75) is 19.5 Å². The van der Waals surface area contributed by atoms with E-state index < -0.39 is 0 Å². The van der Waals surface area contributed by atoms with E-state index in [2.05, 4.69) is 4.90 Å². The van der Waals surface area contributed by atoms with E-state index in [0.717, 1.165) is 27.9 Å². The molecule has 6 rings (SSSR count). The third-order valence-corrected chi connectivity index (χ3v) is 7.34. The predicted molar refractivity (Wildman–Crippen MR) is 140 cm³/mol. The van der Waals surface area contributed by atoms with E-state index in [4.69, 9.17) is 19.2 Å². The first-order chi connectivity index (χ1) is 18.1. The number of nitrogens with zero attached hydrogens (tertiary/aromatic N) is 3. The first-order valence-corrected chi connectivity index (χ1v) is 13.2. The molecule has 1 fully saturated rings. The molecule has 0 saturated carbocycles. The molecule has 0 unspecified atom stereocenters. The van der Waals surface area contributed by atoms with Gasteiger partial charge in [-0.05, 0) is 58.3 Å². The van der Waals surface area contributed by atoms with Crippen molar-refractivity contribution in [2.24, 2.45) is 0 Å². The minimum atomic E-state index is -0.323. The van der Waals surface area contributed by atoms with E-state index in [0.29, 0.717) is 62.8 Å². The number of anilines is 1. The number of pyridine rings is 1. The van der Waals surface area contributed by atoms with Crippen molar-refractivity contribution in [1.29, 1.82) is 0 Å². The van der Waals surface area contributed by atoms with Gasteiger partial charge in [-0.1, -0.05) is 6.07 Å². The number of hydrogen-bond donors (Lipinski definition) is 0. The van der Waals surface area contributed by atoms with Gasteiger partial charge >= 0.3 is 0 Å². The van der Waals surface area contributed by atoms with Crippen LogP contribution in [-0.2, 0) is 29.0 Å². The molecule has 0 radical (unpaired) electrons. The summed E-state index contributed by atoms with van der Waals surface area (Å²) in [6, 6.07) is 14.4. The van der Waals surface area contributed by atoms with Crippen LogP contribution in [0.2, 0.25) is 0 Å². The second-order valence-electron chi connectivity index (χ2n) is 9.15. The second-order valence-corrected chi connectivity index (χ2v) is 9.93. The van der Waals surface area contributed by atoms with Crippen LogP contribution in [0.4, 0.5) is 10.2 Å². The number of ether oxygens (including phenoxy) is 3. The van der Waals surface area contributed by atoms with Gasteiger partial charge in [-0.15, -0.1) is 0 Å². The quantitative estimate of drug-likeness (QED) is 0.351. The standard InChI is InChI=1S/C28H26FN3O4S/c29-23-3-2-21-13-22(28(30-24(21)14-23)31-6-8-34-9-7-31)16-32(27(33)12-20-5-10-37-17-20)15-19-1-4-25-26(11-19)36-18-35-25/h1-5,10-11,13-14,17H,6-9,12,15-16,18H2. The molecule has 0 spiro atoms. The van der Waals surface area contributed by atoms with Crippen LogP contribution in [0.5, 0.6) is 11.5 Å². The molecule has 0 atom stereocenters. The van der Waals surface area contributed by atoms with Gasteiger partial charge in [-0.3, -0.25) is 4.79 Å². The Kier molecular flexibility index (Phi) is 6.63. The average molecular weight is 520 g/mol. The van der Waals surface area contributed by atoms with Crippen molar-refractivity contribution in [1.82, 2.24) is 9.88 Å². The lowest BCUT2D eigenvalue weighted by Gasteiger charge is -2.31. The van der Waals surface area contributed by atoms with E-state index in [9.17, 15) is 9.18 Å². The van der Waals surface area contributed by atoms with Gasteiger partial charge in [-0.25, -0.2) is 9.37 Å². The number of carbonyl (C=O) groups excluding carboxylic acids is 1. The maximum atomic E-state index is 14.0. The summed E-state index contributed by atoms with van der Waals surface area (Å²) in [5.41, 5.74) is 3.45. The summed E-state index contributed by atoms with van der Waals surface area (Å²) in [5, 5.41) is 4.82. The Labute approximate surface area is 218 Å². The number of fused-ring (bicyclic) bond motifs is 2. The van der Waals surface area contributed by atoms with Crippen LogP contribution >= 0.6 is 11.3 Å². The summed E-state index contributed by atoms with van der Waals surface area (Å²) >= 11 is 1.58. The van der Waals surface area contributed by atoms with Crippen molar-refractivity contribution < 1.29 is 23.4 Å². The van der Waals surface area contributed by atoms with Gasteiger partial charge in [0, 0.05) is 43.2 Å². The number of carbonyl (C=O) groups is 1. The molecule has 2 aliphatic rings. The Morgan fingerprint density at radius 2 is 1.86 bits per heavy atom. The minimum absolute atomic E-state index is 0.0168. The van der Waals surface area contributed by atoms with Gasteiger partial charge in [0.1, 0.15) is 11.6 Å². The zero-order valence-electron chi connectivity index (χ0n) is 20.2. The van der Waals surface area contributed by atoms with Crippen molar-refractivity contribution in [2.75, 3.05) is 38.0 Å². The topological polar surface area (TPSA) is 64.1 Å². The number of thiophene rings is 1. The normalized spacial score (nSPS) is 14.8. The maximum Gasteiger partial charge on any atom is 0.231 e. The molecule has 4 aromatic rings. The molecule has 0 aliphatic carbocycles. The first-order valence-electron chi connectivity index (χ1n) is 12.2. The van der Waals surface area contributed by atoms with Crippen LogP contribution in [0.3, 0.4) is 0 Å². The molecule has 0 bridgehead atoms. The van der Waals surface area contributed by atoms with Gasteiger partial charge < -0.3 is 24.0 Å². The number of halogens is 1. The third-order valence-electron chi connectivity index (χ3n) is 6.61. The maximum absolute atomic E-state index is 14.0. The summed E-state index contributed by atoms with van der Waals surface area (Å²) in [6.07, 6.45) is 0.313. The number of aromatic nitrogens is 1. The van der Waals surface area contributed by atoms with Gasteiger partial charge in [0.25, 0.3) is 0 Å². The Balaban J connectivity index is 1.36. The number of hydrogen-bond acceptors (Lipinski definition) is 7. The summed E-state index contributed by atoms with van der Waals surface area (Å²) in [4.78, 5) is 22.5. The smallest absolute Gasteiger partial charge is 0.231 e. The SMILES string of the molecule is O=C(Cc1ccsc1)N(Cc1ccc2c(c1)OCO2)Cc1cc2ccc(F)cc2nc1N1CCOCC1. The summed E-state index contributed by atoms with van der Waals surface area (Å²) in [7, 11) is 0. The molecule has 2 aromatic carbocycles. The van der Waals surface area contributed by atoms with E-state index in [1.807, 2.05) is 46.0 Å². The predicted octanol–water partition coefficient (Wildman–Crippen LogP) is 4.77. The second kappa shape index (κ2) is 10.4. The fourth-order valence-corrected chi connectivity index (χ4v) is 5.39. The number of rotatable bonds is 7. The molecule has 9 heteroatoms. The average Bonchev–Trinajstić information content (AvgIpc) is 3.60. The molecule has 190 valence electrons. The van der Waals surface area contributed by atoms with Crippen molar-refractivity contribution in [3.63, 3.8) is 0 Å². The number of amides is 1. The van der Waals surface area contributed by atoms with Gasteiger partial charge in [-0.2, -0.15) is 11.3 Å². The fourth-order valence-electron chi connectivity index (χ4n) is 4.72. The van der Waals surface area contributed by atoms with Gasteiger partial charge in [0.2, 0.25) is 12.7 Å². The highest BCUT2D eigenvalue weighted by Crippen LogP contribution is 2.33. The molecule has 0 N–H and O–H groups in total. The Hall–Kier alpha value is -3.69. The number of benzene rings is 2. The molecule has 4 heterocycles. The summed E-state index contributed by atoms with van der Waals surface area (Å²) in [6.45, 7) is 3.54. The zero-order valence-corrected chi connectivity index (χ0v) is 21.0. The minimum Gasteiger partial charge on any atom is -0.454 e. The van der Waals surface area contributed by atoms with E-state index in [1.165, 1.54) is 12.1 Å². The number of morpholine rings is 1. The van der Waals surface area contributed by atoms with E-state index in [-0.39, 0.29) is 18.5 Å². The van der Waals surface area contributed by atoms with Crippen molar-refractivity contribution in [3.05, 3.63) is 81.8 Å². The van der Waals surface area contributed by atoms with Crippen LogP contribution in [-0.4, -0.2) is 48.9 Å². The molecule has 37 heavy (non-hydrogen) atoms. The van der Waals surface area contributed by atoms with Gasteiger partial charge in [0.15, 0.2) is 11.5 Å². The van der Waals surface area contributed by atoms with Crippen LogP contribution in [0.15, 0.2) is 59.3 Å². The summed E-state index contributed by atoms with van der Waals surface area (Å²) < 4.78 is 30.6. The highest BCUT2D eigenvalue weighted by atomic mass is 32.1. The largest absolute Gasteiger partial charge is 0.454 e.